The SMILES string of the molecule is Clc1ccc2nc(-c3cc(-c4ccc(Cl)c(Cl)c4)n[nH]3)[nH]c2c1. The summed E-state index contributed by atoms with van der Waals surface area (Å²) in [5.74, 6) is 0.695. The third-order valence-corrected chi connectivity index (χ3v) is 4.47. The van der Waals surface area contributed by atoms with Gasteiger partial charge in [0.05, 0.1) is 26.8 Å². The first kappa shape index (κ1) is 14.6. The van der Waals surface area contributed by atoms with E-state index in [2.05, 4.69) is 20.2 Å². The van der Waals surface area contributed by atoms with Crippen LogP contribution in [0.2, 0.25) is 15.1 Å². The number of aromatic nitrogens is 4. The van der Waals surface area contributed by atoms with E-state index in [1.807, 2.05) is 30.3 Å². The van der Waals surface area contributed by atoms with Gasteiger partial charge in [0.1, 0.15) is 5.69 Å². The van der Waals surface area contributed by atoms with E-state index in [4.69, 9.17) is 34.8 Å². The topological polar surface area (TPSA) is 57.4 Å². The Labute approximate surface area is 146 Å². The highest BCUT2D eigenvalue weighted by molar-refractivity contribution is 6.42. The highest BCUT2D eigenvalue weighted by Gasteiger charge is 2.11. The molecule has 0 spiro atoms. The third-order valence-electron chi connectivity index (χ3n) is 3.49. The van der Waals surface area contributed by atoms with Gasteiger partial charge in [0.15, 0.2) is 5.82 Å². The van der Waals surface area contributed by atoms with Gasteiger partial charge in [-0.15, -0.1) is 0 Å². The minimum atomic E-state index is 0.493. The van der Waals surface area contributed by atoms with Gasteiger partial charge < -0.3 is 4.98 Å². The minimum Gasteiger partial charge on any atom is -0.337 e. The van der Waals surface area contributed by atoms with Gasteiger partial charge >= 0.3 is 0 Å². The Morgan fingerprint density at radius 2 is 1.74 bits per heavy atom. The molecule has 2 aromatic carbocycles. The van der Waals surface area contributed by atoms with Crippen molar-refractivity contribution in [1.29, 1.82) is 0 Å². The molecule has 7 heteroatoms. The Kier molecular flexibility index (Phi) is 3.53. The van der Waals surface area contributed by atoms with Crippen LogP contribution in [0.5, 0.6) is 0 Å². The van der Waals surface area contributed by atoms with Gasteiger partial charge in [-0.3, -0.25) is 5.10 Å². The van der Waals surface area contributed by atoms with Crippen LogP contribution in [0.25, 0.3) is 33.8 Å². The molecule has 4 rings (SSSR count). The van der Waals surface area contributed by atoms with Gasteiger partial charge in [-0.05, 0) is 36.4 Å². The van der Waals surface area contributed by atoms with E-state index in [1.165, 1.54) is 0 Å². The fraction of sp³-hybridized carbons (Fsp3) is 0. The lowest BCUT2D eigenvalue weighted by Crippen LogP contribution is -1.79. The van der Waals surface area contributed by atoms with Crippen LogP contribution < -0.4 is 0 Å². The maximum atomic E-state index is 6.05. The maximum Gasteiger partial charge on any atom is 0.156 e. The van der Waals surface area contributed by atoms with Crippen molar-refractivity contribution in [2.24, 2.45) is 0 Å². The normalized spacial score (nSPS) is 11.3. The molecule has 2 N–H and O–H groups in total. The van der Waals surface area contributed by atoms with Gasteiger partial charge in [0.25, 0.3) is 0 Å². The van der Waals surface area contributed by atoms with Crippen LogP contribution in [-0.2, 0) is 0 Å². The standard InChI is InChI=1S/C16H9Cl3N4/c17-9-2-4-12-14(6-9)21-16(20-12)15-7-13(22-23-15)8-1-3-10(18)11(19)5-8/h1-7H,(H,20,21)(H,22,23). The number of halogens is 3. The van der Waals surface area contributed by atoms with Crippen molar-refractivity contribution in [1.82, 2.24) is 20.2 Å². The van der Waals surface area contributed by atoms with Crippen LogP contribution in [0, 0.1) is 0 Å². The third kappa shape index (κ3) is 2.70. The first-order valence-electron chi connectivity index (χ1n) is 6.76. The van der Waals surface area contributed by atoms with Crippen LogP contribution in [0.3, 0.4) is 0 Å². The van der Waals surface area contributed by atoms with Gasteiger partial charge in [0, 0.05) is 10.6 Å². The molecule has 0 atom stereocenters. The van der Waals surface area contributed by atoms with Gasteiger partial charge in [-0.1, -0.05) is 40.9 Å². The van der Waals surface area contributed by atoms with Crippen molar-refractivity contribution in [2.75, 3.05) is 0 Å². The number of nitrogens with zero attached hydrogens (tertiary/aromatic N) is 2. The number of fused-ring (bicyclic) bond motifs is 1. The lowest BCUT2D eigenvalue weighted by Gasteiger charge is -1.98. The smallest absolute Gasteiger partial charge is 0.156 e. The molecule has 114 valence electrons. The molecule has 0 saturated heterocycles. The molecule has 0 aliphatic heterocycles. The molecule has 2 heterocycles. The largest absolute Gasteiger partial charge is 0.337 e. The summed E-state index contributed by atoms with van der Waals surface area (Å²) in [6, 6.07) is 12.8. The van der Waals surface area contributed by atoms with Gasteiger partial charge in [-0.25, -0.2) is 4.98 Å². The van der Waals surface area contributed by atoms with Crippen LogP contribution in [0.4, 0.5) is 0 Å². The second-order valence-corrected chi connectivity index (χ2v) is 6.29. The number of benzene rings is 2. The zero-order chi connectivity index (χ0) is 16.0. The monoisotopic (exact) mass is 362 g/mol. The first-order valence-corrected chi connectivity index (χ1v) is 7.90. The zero-order valence-corrected chi connectivity index (χ0v) is 13.8. The van der Waals surface area contributed by atoms with E-state index < -0.39 is 0 Å². The van der Waals surface area contributed by atoms with E-state index in [0.717, 1.165) is 28.0 Å². The zero-order valence-electron chi connectivity index (χ0n) is 11.6. The fourth-order valence-corrected chi connectivity index (χ4v) is 2.83. The van der Waals surface area contributed by atoms with Crippen molar-refractivity contribution in [3.8, 4) is 22.8 Å². The summed E-state index contributed by atoms with van der Waals surface area (Å²) in [5.41, 5.74) is 4.13. The fourth-order valence-electron chi connectivity index (χ4n) is 2.36. The minimum absolute atomic E-state index is 0.493. The number of rotatable bonds is 2. The summed E-state index contributed by atoms with van der Waals surface area (Å²) in [5, 5.41) is 8.95. The predicted molar refractivity (Wildman–Crippen MR) is 94.1 cm³/mol. The quantitative estimate of drug-likeness (QED) is 0.488. The van der Waals surface area contributed by atoms with Gasteiger partial charge in [-0.2, -0.15) is 5.10 Å². The lowest BCUT2D eigenvalue weighted by atomic mass is 10.1. The second kappa shape index (κ2) is 5.57. The predicted octanol–water partition coefficient (Wildman–Crippen LogP) is 5.58. The van der Waals surface area contributed by atoms with E-state index in [1.54, 1.807) is 12.1 Å². The second-order valence-electron chi connectivity index (χ2n) is 5.04. The highest BCUT2D eigenvalue weighted by Crippen LogP contribution is 2.29. The average molecular weight is 364 g/mol. The summed E-state index contributed by atoms with van der Waals surface area (Å²) in [6.45, 7) is 0. The van der Waals surface area contributed by atoms with Crippen molar-refractivity contribution >= 4 is 45.8 Å². The Balaban J connectivity index is 1.75. The number of H-pyrrole nitrogens is 2. The average Bonchev–Trinajstić information content (AvgIpc) is 3.15. The summed E-state index contributed by atoms with van der Waals surface area (Å²) < 4.78 is 0. The van der Waals surface area contributed by atoms with Crippen LogP contribution >= 0.6 is 34.8 Å². The van der Waals surface area contributed by atoms with E-state index in [0.29, 0.717) is 20.9 Å². The van der Waals surface area contributed by atoms with Crippen LogP contribution in [-0.4, -0.2) is 20.2 Å². The van der Waals surface area contributed by atoms with E-state index in [-0.39, 0.29) is 0 Å². The first-order chi connectivity index (χ1) is 11.1. The Hall–Kier alpha value is -2.01. The highest BCUT2D eigenvalue weighted by atomic mass is 35.5. The maximum absolute atomic E-state index is 6.05. The summed E-state index contributed by atoms with van der Waals surface area (Å²) >= 11 is 18.0. The summed E-state index contributed by atoms with van der Waals surface area (Å²) in [4.78, 5) is 7.75. The molecule has 0 fully saturated rings. The molecular formula is C16H9Cl3N4. The van der Waals surface area contributed by atoms with Crippen molar-refractivity contribution in [2.45, 2.75) is 0 Å². The van der Waals surface area contributed by atoms with Crippen molar-refractivity contribution < 1.29 is 0 Å². The Morgan fingerprint density at radius 3 is 2.57 bits per heavy atom. The Bertz CT molecular complexity index is 1020. The molecule has 2 aromatic heterocycles. The molecule has 0 bridgehead atoms. The van der Waals surface area contributed by atoms with Crippen LogP contribution in [0.1, 0.15) is 0 Å². The molecule has 23 heavy (non-hydrogen) atoms. The van der Waals surface area contributed by atoms with E-state index >= 15 is 0 Å². The summed E-state index contributed by atoms with van der Waals surface area (Å²) in [7, 11) is 0. The molecule has 0 unspecified atom stereocenters. The number of imidazole rings is 1. The van der Waals surface area contributed by atoms with Gasteiger partial charge in [0.2, 0.25) is 0 Å². The van der Waals surface area contributed by atoms with E-state index in [9.17, 15) is 0 Å². The molecule has 4 aromatic rings. The van der Waals surface area contributed by atoms with Crippen molar-refractivity contribution in [3.63, 3.8) is 0 Å². The molecular weight excluding hydrogens is 355 g/mol. The molecule has 0 amide bonds. The van der Waals surface area contributed by atoms with Crippen molar-refractivity contribution in [3.05, 3.63) is 57.5 Å². The summed E-state index contributed by atoms with van der Waals surface area (Å²) in [6.07, 6.45) is 0. The Morgan fingerprint density at radius 1 is 0.870 bits per heavy atom. The molecule has 0 radical (unpaired) electrons. The lowest BCUT2D eigenvalue weighted by molar-refractivity contribution is 1.09. The number of hydrogen-bond acceptors (Lipinski definition) is 2. The number of aromatic amines is 2. The number of nitrogens with one attached hydrogen (secondary N) is 2. The molecule has 0 saturated carbocycles. The molecule has 0 aliphatic carbocycles. The molecule has 4 nitrogen and oxygen atoms in total. The molecule has 0 aliphatic rings. The number of hydrogen-bond donors (Lipinski definition) is 2. The van der Waals surface area contributed by atoms with Crippen LogP contribution in [0.15, 0.2) is 42.5 Å².